The normalized spacial score (nSPS) is 30.9. The number of ether oxygens (including phenoxy) is 3. The Hall–Kier alpha value is -5.08. The molecule has 13 heteroatoms. The van der Waals surface area contributed by atoms with Crippen molar-refractivity contribution >= 4 is 50.3 Å². The number of nitrogens with zero attached hydrogens (tertiary/aromatic N) is 1. The van der Waals surface area contributed by atoms with Crippen molar-refractivity contribution in [2.45, 2.75) is 98.9 Å². The summed E-state index contributed by atoms with van der Waals surface area (Å²) < 4.78 is 24.3. The van der Waals surface area contributed by atoms with E-state index in [1.165, 1.54) is 39.4 Å². The number of phenolic OH excluding ortho intramolecular Hbond substituents is 1. The van der Waals surface area contributed by atoms with E-state index in [9.17, 15) is 34.8 Å². The smallest absolute Gasteiger partial charge is 0.312 e. The van der Waals surface area contributed by atoms with Crippen molar-refractivity contribution in [1.82, 2.24) is 4.98 Å². The highest BCUT2D eigenvalue weighted by Crippen LogP contribution is 2.48. The Labute approximate surface area is 330 Å². The first-order chi connectivity index (χ1) is 26.9. The van der Waals surface area contributed by atoms with Gasteiger partial charge in [0, 0.05) is 54.2 Å². The highest BCUT2D eigenvalue weighted by atomic mass is 16.7. The first-order valence-corrected chi connectivity index (χ1v) is 19.3. The van der Waals surface area contributed by atoms with Gasteiger partial charge in [0.2, 0.25) is 0 Å². The molecule has 1 amide bonds. The van der Waals surface area contributed by atoms with E-state index in [-0.39, 0.29) is 50.0 Å². The highest BCUT2D eigenvalue weighted by molar-refractivity contribution is 6.26. The lowest BCUT2D eigenvalue weighted by atomic mass is 9.78. The number of hydrogen-bond donors (Lipinski definition) is 5. The zero-order valence-corrected chi connectivity index (χ0v) is 34.0. The molecule has 5 N–H and O–H groups in total. The minimum atomic E-state index is -1.99. The standard InChI is InChI=1S/C44H52N2O11/c1-11-26-18-27-29(17-21(26)4)56-41-33(45-27)30-31-38(50)25(8)40-32(30)42(52)44(9,57-40)55-16-15-28(54-10)22(5)36(48)24(7)37(49)23(6)35(47)19(2)13-12-14-20(3)43(53)46-34(41)39(31)51/h12-19,22-24,28,35-37,47-49,51H,11H2,1-10H3,(H,46,53)/b13-12+,16-15+,20-14-/t19-,22+,23+,24-,28-,35-,36+,37+,44-/m0/s1. The van der Waals surface area contributed by atoms with Crippen LogP contribution in [0.5, 0.6) is 11.5 Å². The maximum absolute atomic E-state index is 14.6. The molecule has 2 aliphatic heterocycles. The van der Waals surface area contributed by atoms with Crippen LogP contribution in [0.2, 0.25) is 0 Å². The Balaban J connectivity index is 1.61. The Morgan fingerprint density at radius 1 is 0.930 bits per heavy atom. The van der Waals surface area contributed by atoms with Crippen molar-refractivity contribution < 1.29 is 48.6 Å². The molecule has 6 rings (SSSR count). The Kier molecular flexibility index (Phi) is 11.4. The van der Waals surface area contributed by atoms with Gasteiger partial charge >= 0.3 is 5.79 Å². The number of aliphatic hydroxyl groups excluding tert-OH is 3. The second-order valence-corrected chi connectivity index (χ2v) is 15.7. The number of phenols is 1. The van der Waals surface area contributed by atoms with Gasteiger partial charge in [-0.2, -0.15) is 0 Å². The fourth-order valence-corrected chi connectivity index (χ4v) is 7.99. The van der Waals surface area contributed by atoms with Crippen LogP contribution in [0.3, 0.4) is 0 Å². The zero-order chi connectivity index (χ0) is 41.8. The van der Waals surface area contributed by atoms with Crippen LogP contribution in [0.1, 0.15) is 75.5 Å². The number of aryl methyl sites for hydroxylation is 2. The summed E-state index contributed by atoms with van der Waals surface area (Å²) >= 11 is 0. The van der Waals surface area contributed by atoms with Crippen molar-refractivity contribution in [3.63, 3.8) is 0 Å². The molecule has 3 heterocycles. The number of carbonyl (C=O) groups excluding carboxylic acids is 2. The maximum Gasteiger partial charge on any atom is 0.312 e. The monoisotopic (exact) mass is 784 g/mol. The van der Waals surface area contributed by atoms with Gasteiger partial charge in [-0.25, -0.2) is 4.98 Å². The quantitative estimate of drug-likeness (QED) is 0.0866. The number of allylic oxidation sites excluding steroid dienone is 2. The summed E-state index contributed by atoms with van der Waals surface area (Å²) in [7, 11) is 1.45. The molecule has 0 fully saturated rings. The summed E-state index contributed by atoms with van der Waals surface area (Å²) in [6.45, 7) is 15.3. The fraction of sp³-hybridized carbons (Fsp3) is 0.455. The number of aromatic hydroxyl groups is 1. The fourth-order valence-electron chi connectivity index (χ4n) is 7.99. The van der Waals surface area contributed by atoms with Gasteiger partial charge in [-0.05, 0) is 56.5 Å². The van der Waals surface area contributed by atoms with Gasteiger partial charge in [0.25, 0.3) is 11.7 Å². The molecule has 0 aliphatic carbocycles. The lowest BCUT2D eigenvalue weighted by molar-refractivity contribution is -0.112. The number of benzene rings is 3. The van der Waals surface area contributed by atoms with E-state index in [1.54, 1.807) is 52.8 Å². The molecule has 0 saturated heterocycles. The number of hydrogen-bond acceptors (Lipinski definition) is 12. The molecule has 1 aromatic heterocycles. The molecule has 4 aromatic rings. The predicted molar refractivity (Wildman–Crippen MR) is 216 cm³/mol. The van der Waals surface area contributed by atoms with Gasteiger partial charge in [0.15, 0.2) is 22.3 Å². The minimum absolute atomic E-state index is 0.0204. The number of ketones is 1. The molecule has 2 aliphatic rings. The first kappa shape index (κ1) is 41.6. The molecule has 0 spiro atoms. The number of Topliss-reactive ketones (excluding diaryl/α,β-unsaturated/α-hetero) is 1. The van der Waals surface area contributed by atoms with Crippen LogP contribution in [0, 0.1) is 37.5 Å². The molecule has 0 unspecified atom stereocenters. The van der Waals surface area contributed by atoms with Crippen LogP contribution in [0.25, 0.3) is 33.0 Å². The average molecular weight is 785 g/mol. The van der Waals surface area contributed by atoms with Gasteiger partial charge in [-0.3, -0.25) is 14.4 Å². The largest absolute Gasteiger partial charge is 0.505 e. The average Bonchev–Trinajstić information content (AvgIpc) is 3.45. The Morgan fingerprint density at radius 3 is 2.26 bits per heavy atom. The van der Waals surface area contributed by atoms with Crippen molar-refractivity contribution in [2.75, 3.05) is 12.4 Å². The van der Waals surface area contributed by atoms with Crippen molar-refractivity contribution in [1.29, 1.82) is 0 Å². The van der Waals surface area contributed by atoms with E-state index in [1.807, 2.05) is 19.9 Å². The summed E-state index contributed by atoms with van der Waals surface area (Å²) in [5.74, 6) is -6.37. The van der Waals surface area contributed by atoms with Gasteiger partial charge in [0.1, 0.15) is 22.5 Å². The molecule has 0 saturated carbocycles. The molecular weight excluding hydrogens is 732 g/mol. The third-order valence-electron chi connectivity index (χ3n) is 11.9. The zero-order valence-electron chi connectivity index (χ0n) is 34.0. The second kappa shape index (κ2) is 15.7. The van der Waals surface area contributed by atoms with Gasteiger partial charge < -0.3 is 44.4 Å². The lowest BCUT2D eigenvalue weighted by Gasteiger charge is -2.36. The van der Waals surface area contributed by atoms with E-state index in [4.69, 9.17) is 23.6 Å². The van der Waals surface area contributed by atoms with Gasteiger partial charge in [0.05, 0.1) is 41.6 Å². The summed E-state index contributed by atoms with van der Waals surface area (Å²) in [5.41, 5.74) is 1.94. The number of amides is 1. The highest BCUT2D eigenvalue weighted by Gasteiger charge is 2.49. The van der Waals surface area contributed by atoms with Gasteiger partial charge in [-0.15, -0.1) is 0 Å². The van der Waals surface area contributed by atoms with E-state index in [0.717, 1.165) is 11.1 Å². The van der Waals surface area contributed by atoms with Gasteiger partial charge in [-0.1, -0.05) is 52.8 Å². The number of rotatable bonds is 2. The first-order valence-electron chi connectivity index (χ1n) is 19.3. The molecule has 3 aromatic carbocycles. The van der Waals surface area contributed by atoms with Crippen LogP contribution in [-0.4, -0.2) is 74.4 Å². The summed E-state index contributed by atoms with van der Waals surface area (Å²) in [6.07, 6.45) is 4.32. The number of carbonyl (C=O) groups is 2. The number of anilines is 1. The molecular formula is C44H52N2O11. The number of methoxy groups -OCH3 is 1. The van der Waals surface area contributed by atoms with Crippen LogP contribution >= 0.6 is 0 Å². The topological polar surface area (TPSA) is 198 Å². The maximum atomic E-state index is 14.6. The number of fused-ring (bicyclic) bond motifs is 5. The lowest BCUT2D eigenvalue weighted by Crippen LogP contribution is -2.44. The van der Waals surface area contributed by atoms with E-state index in [0.29, 0.717) is 17.5 Å². The predicted octanol–water partition coefficient (Wildman–Crippen LogP) is 6.30. The van der Waals surface area contributed by atoms with Crippen LogP contribution in [0.4, 0.5) is 5.69 Å². The van der Waals surface area contributed by atoms with Crippen molar-refractivity contribution in [3.05, 3.63) is 80.7 Å². The Bertz CT molecular complexity index is 2430. The summed E-state index contributed by atoms with van der Waals surface area (Å²) in [4.78, 5) is 47.5. The number of nitrogens with one attached hydrogen (secondary N) is 1. The molecule has 0 radical (unpaired) electrons. The van der Waals surface area contributed by atoms with Crippen LogP contribution in [-0.2, 0) is 20.7 Å². The van der Waals surface area contributed by atoms with Crippen LogP contribution in [0.15, 0.2) is 57.5 Å². The molecule has 304 valence electrons. The summed E-state index contributed by atoms with van der Waals surface area (Å²) in [6, 6.07) is 3.66. The molecule has 9 atom stereocenters. The van der Waals surface area contributed by atoms with E-state index < -0.39 is 76.7 Å². The van der Waals surface area contributed by atoms with E-state index in [2.05, 4.69) is 5.32 Å². The minimum Gasteiger partial charge on any atom is -0.505 e. The third kappa shape index (κ3) is 7.11. The Morgan fingerprint density at radius 2 is 1.60 bits per heavy atom. The SMILES string of the molecule is CCc1cc2nc3c(oc2cc1C)c1c(O)c2c(=O)c(C)c4c(c23)C(=O)[C@@](C)(O/C=C/[C@H](OC)[C@@H](C)[C@@H](O)[C@H](C)[C@H](O)[C@H](C)[C@@H](O)[C@@H](C)/C=C/C=C(/C)C(=O)N1)O4. The molecule has 57 heavy (non-hydrogen) atoms. The van der Waals surface area contributed by atoms with Crippen LogP contribution < -0.4 is 15.5 Å². The molecule has 5 bridgehead atoms. The third-order valence-corrected chi connectivity index (χ3v) is 11.9. The van der Waals surface area contributed by atoms with Crippen molar-refractivity contribution in [2.24, 2.45) is 23.7 Å². The number of aromatic nitrogens is 1. The number of aliphatic hydroxyl groups is 3. The summed E-state index contributed by atoms with van der Waals surface area (Å²) in [5, 5.41) is 48.3. The van der Waals surface area contributed by atoms with E-state index >= 15 is 0 Å². The molecule has 13 nitrogen and oxygen atoms in total. The van der Waals surface area contributed by atoms with Crippen molar-refractivity contribution in [3.8, 4) is 11.5 Å². The second-order valence-electron chi connectivity index (χ2n) is 15.7.